The molecule has 5 heteroatoms. The Morgan fingerprint density at radius 3 is 2.46 bits per heavy atom. The Morgan fingerprint density at radius 2 is 1.71 bits per heavy atom. The molecule has 3 aromatic rings. The van der Waals surface area contributed by atoms with Crippen molar-refractivity contribution < 1.29 is 9.15 Å². The van der Waals surface area contributed by atoms with Crippen molar-refractivity contribution in [3.63, 3.8) is 0 Å². The molecule has 0 radical (unpaired) electrons. The molecule has 0 saturated heterocycles. The molecule has 2 aliphatic rings. The van der Waals surface area contributed by atoms with Gasteiger partial charge in [0.05, 0.1) is 17.1 Å². The Kier molecular flexibility index (Phi) is 3.95. The monoisotopic (exact) mass is 395 g/mol. The fraction of sp³-hybridized carbons (Fsp3) is 0.348. The minimum absolute atomic E-state index is 0.218. The molecule has 0 bridgehead atoms. The summed E-state index contributed by atoms with van der Waals surface area (Å²) in [5.74, 6) is 0.633. The fourth-order valence-electron chi connectivity index (χ4n) is 4.92. The summed E-state index contributed by atoms with van der Waals surface area (Å²) in [5.41, 5.74) is 7.98. The summed E-state index contributed by atoms with van der Waals surface area (Å²) in [4.78, 5) is 14.7. The smallest absolute Gasteiger partial charge is 0.339 e. The second-order valence-corrected chi connectivity index (χ2v) is 8.37. The van der Waals surface area contributed by atoms with Crippen molar-refractivity contribution in [2.75, 3.05) is 11.6 Å². The van der Waals surface area contributed by atoms with Crippen molar-refractivity contribution >= 4 is 28.3 Å². The van der Waals surface area contributed by atoms with Gasteiger partial charge in [-0.25, -0.2) is 4.79 Å². The maximum absolute atomic E-state index is 12.5. The van der Waals surface area contributed by atoms with Crippen LogP contribution in [-0.4, -0.2) is 6.73 Å². The lowest BCUT2D eigenvalue weighted by Gasteiger charge is -2.33. The maximum atomic E-state index is 12.5. The average Bonchev–Trinajstić information content (AvgIpc) is 3.13. The fourth-order valence-corrected chi connectivity index (χ4v) is 5.20. The normalized spacial score (nSPS) is 15.5. The molecule has 0 amide bonds. The van der Waals surface area contributed by atoms with Crippen molar-refractivity contribution in [3.05, 3.63) is 67.0 Å². The molecule has 0 unspecified atom stereocenters. The summed E-state index contributed by atoms with van der Waals surface area (Å²) in [7, 11) is 0. The molecule has 1 aliphatic carbocycles. The van der Waals surface area contributed by atoms with Gasteiger partial charge < -0.3 is 14.1 Å². The second kappa shape index (κ2) is 6.28. The van der Waals surface area contributed by atoms with E-state index in [1.54, 1.807) is 0 Å². The van der Waals surface area contributed by atoms with E-state index in [9.17, 15) is 4.79 Å². The Labute approximate surface area is 168 Å². The molecule has 2 aromatic carbocycles. The molecule has 28 heavy (non-hydrogen) atoms. The molecular weight excluding hydrogens is 374 g/mol. The van der Waals surface area contributed by atoms with Gasteiger partial charge in [0.25, 0.3) is 0 Å². The first-order valence-electron chi connectivity index (χ1n) is 9.69. The van der Waals surface area contributed by atoms with Crippen LogP contribution in [0.2, 0.25) is 5.02 Å². The molecule has 0 fully saturated rings. The Hall–Kier alpha value is -2.46. The number of hydrogen-bond acceptors (Lipinski definition) is 4. The van der Waals surface area contributed by atoms with E-state index >= 15 is 0 Å². The minimum Gasteiger partial charge on any atom is -0.471 e. The Morgan fingerprint density at radius 1 is 1.00 bits per heavy atom. The van der Waals surface area contributed by atoms with Gasteiger partial charge in [0.2, 0.25) is 0 Å². The van der Waals surface area contributed by atoms with Gasteiger partial charge in [0, 0.05) is 16.6 Å². The van der Waals surface area contributed by atoms with Crippen molar-refractivity contribution in [2.24, 2.45) is 0 Å². The SMILES string of the molecule is Cc1cc(C)c(N2COc3c(Cl)cc4c5c(c(=O)oc4c3C2)CCC5)c(C)c1. The molecule has 4 nitrogen and oxygen atoms in total. The van der Waals surface area contributed by atoms with Crippen LogP contribution in [0.15, 0.2) is 27.4 Å². The third-order valence-electron chi connectivity index (χ3n) is 5.93. The van der Waals surface area contributed by atoms with Crippen LogP contribution in [0.1, 0.15) is 39.8 Å². The summed E-state index contributed by atoms with van der Waals surface area (Å²) in [6.45, 7) is 7.35. The Balaban J connectivity index is 1.70. The van der Waals surface area contributed by atoms with E-state index in [4.69, 9.17) is 20.8 Å². The Bertz CT molecular complexity index is 1170. The number of benzene rings is 2. The summed E-state index contributed by atoms with van der Waals surface area (Å²) in [6, 6.07) is 6.27. The molecule has 0 saturated carbocycles. The second-order valence-electron chi connectivity index (χ2n) is 7.96. The van der Waals surface area contributed by atoms with Crippen molar-refractivity contribution in [1.82, 2.24) is 0 Å². The quantitative estimate of drug-likeness (QED) is 0.530. The molecule has 0 spiro atoms. The lowest BCUT2D eigenvalue weighted by atomic mass is 10.0. The van der Waals surface area contributed by atoms with Crippen LogP contribution in [0.5, 0.6) is 5.75 Å². The molecule has 5 rings (SSSR count). The van der Waals surface area contributed by atoms with Gasteiger partial charge in [0.15, 0.2) is 6.73 Å². The van der Waals surface area contributed by atoms with E-state index < -0.39 is 0 Å². The van der Waals surface area contributed by atoms with Crippen LogP contribution >= 0.6 is 11.6 Å². The number of hydrogen-bond donors (Lipinski definition) is 0. The molecule has 0 atom stereocenters. The molecule has 144 valence electrons. The topological polar surface area (TPSA) is 42.7 Å². The molecule has 1 aromatic heterocycles. The van der Waals surface area contributed by atoms with E-state index in [2.05, 4.69) is 37.8 Å². The lowest BCUT2D eigenvalue weighted by molar-refractivity contribution is 0.289. The number of fused-ring (bicyclic) bond motifs is 5. The number of anilines is 1. The molecular formula is C23H22ClNO3. The highest BCUT2D eigenvalue weighted by molar-refractivity contribution is 6.33. The highest BCUT2D eigenvalue weighted by atomic mass is 35.5. The highest BCUT2D eigenvalue weighted by Gasteiger charge is 2.29. The van der Waals surface area contributed by atoms with Gasteiger partial charge in [-0.15, -0.1) is 0 Å². The number of aryl methyl sites for hydroxylation is 4. The highest BCUT2D eigenvalue weighted by Crippen LogP contribution is 2.42. The van der Waals surface area contributed by atoms with E-state index in [0.29, 0.717) is 29.6 Å². The summed E-state index contributed by atoms with van der Waals surface area (Å²) in [6.07, 6.45) is 2.66. The molecule has 0 N–H and O–H groups in total. The van der Waals surface area contributed by atoms with Crippen molar-refractivity contribution in [3.8, 4) is 5.75 Å². The third-order valence-corrected chi connectivity index (χ3v) is 6.21. The van der Waals surface area contributed by atoms with Crippen LogP contribution in [0.4, 0.5) is 5.69 Å². The van der Waals surface area contributed by atoms with Gasteiger partial charge in [-0.1, -0.05) is 29.3 Å². The van der Waals surface area contributed by atoms with Crippen LogP contribution in [-0.2, 0) is 19.4 Å². The van der Waals surface area contributed by atoms with E-state index in [1.165, 1.54) is 16.7 Å². The number of nitrogens with zero attached hydrogens (tertiary/aromatic N) is 1. The van der Waals surface area contributed by atoms with Gasteiger partial charge in [0.1, 0.15) is 11.3 Å². The lowest BCUT2D eigenvalue weighted by Crippen LogP contribution is -2.33. The summed E-state index contributed by atoms with van der Waals surface area (Å²) >= 11 is 6.58. The first-order chi connectivity index (χ1) is 13.4. The van der Waals surface area contributed by atoms with Crippen molar-refractivity contribution in [1.29, 1.82) is 0 Å². The van der Waals surface area contributed by atoms with Crippen LogP contribution in [0.25, 0.3) is 11.0 Å². The van der Waals surface area contributed by atoms with Gasteiger partial charge in [-0.2, -0.15) is 0 Å². The van der Waals surface area contributed by atoms with Crippen LogP contribution in [0, 0.1) is 20.8 Å². The van der Waals surface area contributed by atoms with Crippen LogP contribution < -0.4 is 15.3 Å². The van der Waals surface area contributed by atoms with Gasteiger partial charge >= 0.3 is 5.63 Å². The largest absolute Gasteiger partial charge is 0.471 e. The zero-order valence-electron chi connectivity index (χ0n) is 16.3. The molecule has 2 heterocycles. The average molecular weight is 396 g/mol. The number of ether oxygens (including phenoxy) is 1. The number of rotatable bonds is 1. The molecule has 1 aliphatic heterocycles. The van der Waals surface area contributed by atoms with E-state index in [0.717, 1.165) is 47.0 Å². The summed E-state index contributed by atoms with van der Waals surface area (Å²) < 4.78 is 11.9. The van der Waals surface area contributed by atoms with Crippen molar-refractivity contribution in [2.45, 2.75) is 46.6 Å². The summed E-state index contributed by atoms with van der Waals surface area (Å²) in [5, 5.41) is 1.54. The first-order valence-corrected chi connectivity index (χ1v) is 10.1. The minimum atomic E-state index is -0.218. The number of halogens is 1. The zero-order chi connectivity index (χ0) is 19.6. The van der Waals surface area contributed by atoms with Gasteiger partial charge in [-0.3, -0.25) is 0 Å². The standard InChI is InChI=1S/C23H22ClNO3/c1-12-7-13(2)20(14(3)8-12)25-10-18-21-17(9-19(24)22(18)27-11-25)15-5-4-6-16(15)23(26)28-21/h7-9H,4-6,10-11H2,1-3H3. The zero-order valence-corrected chi connectivity index (χ0v) is 17.1. The van der Waals surface area contributed by atoms with E-state index in [-0.39, 0.29) is 5.63 Å². The predicted octanol–water partition coefficient (Wildman–Crippen LogP) is 5.22. The van der Waals surface area contributed by atoms with Gasteiger partial charge in [-0.05, 0) is 62.8 Å². The maximum Gasteiger partial charge on any atom is 0.339 e. The van der Waals surface area contributed by atoms with Crippen LogP contribution in [0.3, 0.4) is 0 Å². The first kappa shape index (κ1) is 17.6. The predicted molar refractivity (Wildman–Crippen MR) is 112 cm³/mol. The van der Waals surface area contributed by atoms with E-state index in [1.807, 2.05) is 6.07 Å². The third kappa shape index (κ3) is 2.55.